The molecule has 1 unspecified atom stereocenters. The molecule has 1 atom stereocenters. The fraction of sp³-hybridized carbons (Fsp3) is 0.533. The molecule has 1 saturated carbocycles. The highest BCUT2D eigenvalue weighted by Crippen LogP contribution is 2.36. The molecule has 0 heterocycles. The predicted molar refractivity (Wildman–Crippen MR) is 82.0 cm³/mol. The van der Waals surface area contributed by atoms with Crippen molar-refractivity contribution in [3.63, 3.8) is 0 Å². The van der Waals surface area contributed by atoms with Gasteiger partial charge in [-0.3, -0.25) is 0 Å². The largest absolute Gasteiger partial charge is 0.389 e. The Kier molecular flexibility index (Phi) is 3.91. The minimum Gasteiger partial charge on any atom is -0.389 e. The van der Waals surface area contributed by atoms with Gasteiger partial charge in [-0.2, -0.15) is 0 Å². The summed E-state index contributed by atoms with van der Waals surface area (Å²) in [6.07, 6.45) is 5.16. The molecule has 18 heavy (non-hydrogen) atoms. The van der Waals surface area contributed by atoms with Gasteiger partial charge >= 0.3 is 0 Å². The zero-order valence-corrected chi connectivity index (χ0v) is 12.0. The monoisotopic (exact) mass is 262 g/mol. The number of nitrogens with one attached hydrogen (secondary N) is 1. The molecule has 0 spiro atoms. The Morgan fingerprint density at radius 1 is 1.33 bits per heavy atom. The lowest BCUT2D eigenvalue weighted by molar-refractivity contribution is 0.229. The first-order chi connectivity index (χ1) is 8.46. The molecule has 2 rings (SSSR count). The van der Waals surface area contributed by atoms with Crippen molar-refractivity contribution in [2.24, 2.45) is 11.1 Å². The van der Waals surface area contributed by atoms with E-state index in [4.69, 9.17) is 18.0 Å². The molecule has 0 aliphatic heterocycles. The van der Waals surface area contributed by atoms with Gasteiger partial charge in [0.2, 0.25) is 0 Å². The van der Waals surface area contributed by atoms with Crippen LogP contribution in [-0.4, -0.2) is 11.0 Å². The average molecular weight is 262 g/mol. The van der Waals surface area contributed by atoms with Gasteiger partial charge in [-0.05, 0) is 48.9 Å². The summed E-state index contributed by atoms with van der Waals surface area (Å²) in [4.78, 5) is 0.459. The first-order valence-corrected chi connectivity index (χ1v) is 7.03. The van der Waals surface area contributed by atoms with E-state index in [-0.39, 0.29) is 0 Å². The molecule has 2 nitrogen and oxygen atoms in total. The van der Waals surface area contributed by atoms with Crippen molar-refractivity contribution in [1.29, 1.82) is 0 Å². The quantitative estimate of drug-likeness (QED) is 0.816. The molecule has 0 amide bonds. The molecule has 0 saturated heterocycles. The third-order valence-electron chi connectivity index (χ3n) is 3.75. The molecule has 0 aromatic heterocycles. The van der Waals surface area contributed by atoms with E-state index in [1.54, 1.807) is 0 Å². The first-order valence-electron chi connectivity index (χ1n) is 6.63. The van der Waals surface area contributed by atoms with Crippen molar-refractivity contribution >= 4 is 22.9 Å². The zero-order chi connectivity index (χ0) is 13.2. The fourth-order valence-corrected chi connectivity index (χ4v) is 2.92. The van der Waals surface area contributed by atoms with Crippen LogP contribution in [0.2, 0.25) is 0 Å². The summed E-state index contributed by atoms with van der Waals surface area (Å²) < 4.78 is 0. The van der Waals surface area contributed by atoms with Crippen LogP contribution in [0, 0.1) is 5.41 Å². The first kappa shape index (κ1) is 13.3. The van der Waals surface area contributed by atoms with Gasteiger partial charge in [-0.25, -0.2) is 0 Å². The SMILES string of the molecule is CC1(C)CCCC(Nc2ccc(C(N)=S)cc2)C1. The summed E-state index contributed by atoms with van der Waals surface area (Å²) in [5.74, 6) is 0. The minimum atomic E-state index is 0.459. The normalized spacial score (nSPS) is 22.4. The van der Waals surface area contributed by atoms with Crippen LogP contribution in [-0.2, 0) is 0 Å². The molecule has 1 aromatic rings. The molecule has 1 aliphatic carbocycles. The summed E-state index contributed by atoms with van der Waals surface area (Å²) in [5, 5.41) is 3.62. The molecule has 1 aromatic carbocycles. The van der Waals surface area contributed by atoms with E-state index < -0.39 is 0 Å². The number of thiocarbonyl (C=S) groups is 1. The molecular formula is C15H22N2S. The molecule has 98 valence electrons. The van der Waals surface area contributed by atoms with E-state index >= 15 is 0 Å². The smallest absolute Gasteiger partial charge is 0.103 e. The van der Waals surface area contributed by atoms with Crippen LogP contribution in [0.15, 0.2) is 24.3 Å². The van der Waals surface area contributed by atoms with E-state index in [1.807, 2.05) is 12.1 Å². The van der Waals surface area contributed by atoms with Gasteiger partial charge in [-0.15, -0.1) is 0 Å². The van der Waals surface area contributed by atoms with E-state index in [0.29, 0.717) is 16.4 Å². The van der Waals surface area contributed by atoms with Crippen LogP contribution in [0.5, 0.6) is 0 Å². The van der Waals surface area contributed by atoms with Gasteiger partial charge < -0.3 is 11.1 Å². The molecular weight excluding hydrogens is 240 g/mol. The Bertz CT molecular complexity index is 423. The molecule has 1 aliphatic rings. The standard InChI is InChI=1S/C15H22N2S/c1-15(2)9-3-4-13(10-15)17-12-7-5-11(6-8-12)14(16)18/h5-8,13,17H,3-4,9-10H2,1-2H3,(H2,16,18). The van der Waals surface area contributed by atoms with Crippen LogP contribution in [0.4, 0.5) is 5.69 Å². The number of anilines is 1. The summed E-state index contributed by atoms with van der Waals surface area (Å²) in [7, 11) is 0. The summed E-state index contributed by atoms with van der Waals surface area (Å²) in [6, 6.07) is 8.69. The molecule has 1 fully saturated rings. The van der Waals surface area contributed by atoms with Gasteiger partial charge in [0.25, 0.3) is 0 Å². The van der Waals surface area contributed by atoms with Crippen molar-refractivity contribution in [3.8, 4) is 0 Å². The van der Waals surface area contributed by atoms with Crippen LogP contribution in [0.1, 0.15) is 45.1 Å². The van der Waals surface area contributed by atoms with Gasteiger partial charge in [0.1, 0.15) is 4.99 Å². The van der Waals surface area contributed by atoms with E-state index in [2.05, 4.69) is 31.3 Å². The lowest BCUT2D eigenvalue weighted by atomic mass is 9.75. The fourth-order valence-electron chi connectivity index (χ4n) is 2.79. The number of hydrogen-bond donors (Lipinski definition) is 2. The average Bonchev–Trinajstić information content (AvgIpc) is 2.28. The van der Waals surface area contributed by atoms with E-state index in [9.17, 15) is 0 Å². The van der Waals surface area contributed by atoms with Crippen LogP contribution in [0.25, 0.3) is 0 Å². The Hall–Kier alpha value is -1.09. The molecule has 3 heteroatoms. The van der Waals surface area contributed by atoms with E-state index in [1.165, 1.54) is 25.7 Å². The Labute approximate surface area is 115 Å². The topological polar surface area (TPSA) is 38.0 Å². The molecule has 0 radical (unpaired) electrons. The van der Waals surface area contributed by atoms with Crippen LogP contribution >= 0.6 is 12.2 Å². The van der Waals surface area contributed by atoms with Crippen molar-refractivity contribution in [2.45, 2.75) is 45.6 Å². The lowest BCUT2D eigenvalue weighted by Gasteiger charge is -2.36. The minimum absolute atomic E-state index is 0.459. The maximum Gasteiger partial charge on any atom is 0.103 e. The Morgan fingerprint density at radius 2 is 2.00 bits per heavy atom. The Morgan fingerprint density at radius 3 is 2.56 bits per heavy atom. The van der Waals surface area contributed by atoms with E-state index in [0.717, 1.165) is 11.3 Å². The number of benzene rings is 1. The Balaban J connectivity index is 1.99. The van der Waals surface area contributed by atoms with Crippen molar-refractivity contribution in [3.05, 3.63) is 29.8 Å². The highest BCUT2D eigenvalue weighted by atomic mass is 32.1. The van der Waals surface area contributed by atoms with Crippen LogP contribution in [0.3, 0.4) is 0 Å². The third kappa shape index (κ3) is 3.45. The number of hydrogen-bond acceptors (Lipinski definition) is 2. The van der Waals surface area contributed by atoms with Gasteiger partial charge in [0.05, 0.1) is 0 Å². The van der Waals surface area contributed by atoms with Gasteiger partial charge in [0.15, 0.2) is 0 Å². The highest BCUT2D eigenvalue weighted by molar-refractivity contribution is 7.80. The lowest BCUT2D eigenvalue weighted by Crippen LogP contribution is -2.31. The second-order valence-corrected chi connectivity index (χ2v) is 6.48. The summed E-state index contributed by atoms with van der Waals surface area (Å²) in [5.41, 5.74) is 8.16. The van der Waals surface area contributed by atoms with Crippen molar-refractivity contribution in [1.82, 2.24) is 0 Å². The number of rotatable bonds is 3. The highest BCUT2D eigenvalue weighted by Gasteiger charge is 2.27. The second kappa shape index (κ2) is 5.27. The predicted octanol–water partition coefficient (Wildman–Crippen LogP) is 3.70. The maximum atomic E-state index is 5.59. The summed E-state index contributed by atoms with van der Waals surface area (Å²) in [6.45, 7) is 4.72. The number of nitrogens with two attached hydrogens (primary N) is 1. The molecule has 3 N–H and O–H groups in total. The third-order valence-corrected chi connectivity index (χ3v) is 3.98. The second-order valence-electron chi connectivity index (χ2n) is 6.04. The summed E-state index contributed by atoms with van der Waals surface area (Å²) >= 11 is 4.95. The van der Waals surface area contributed by atoms with Gasteiger partial charge in [-0.1, -0.05) is 32.5 Å². The van der Waals surface area contributed by atoms with Crippen molar-refractivity contribution < 1.29 is 0 Å². The van der Waals surface area contributed by atoms with Crippen molar-refractivity contribution in [2.75, 3.05) is 5.32 Å². The maximum absolute atomic E-state index is 5.59. The zero-order valence-electron chi connectivity index (χ0n) is 11.2. The van der Waals surface area contributed by atoms with Crippen LogP contribution < -0.4 is 11.1 Å². The molecule has 0 bridgehead atoms. The van der Waals surface area contributed by atoms with Gasteiger partial charge in [0, 0.05) is 17.3 Å².